The summed E-state index contributed by atoms with van der Waals surface area (Å²) < 4.78 is 5.46. The number of carbonyl (C=O) groups is 2. The molecule has 2 fully saturated rings. The van der Waals surface area contributed by atoms with Gasteiger partial charge >= 0.3 is 6.09 Å². The van der Waals surface area contributed by atoms with Crippen LogP contribution in [-0.4, -0.2) is 54.7 Å². The molecule has 2 amide bonds. The highest BCUT2D eigenvalue weighted by atomic mass is 16.6. The van der Waals surface area contributed by atoms with Crippen molar-refractivity contribution in [2.75, 3.05) is 26.2 Å². The number of hydrogen-bond acceptors (Lipinski definition) is 4. The standard InChI is InChI=1S/C17H31N3O3/c1-17(2,3)23-16(22)20-10-6-7-13(12-20)11-19-14-8-4-5-9-18-15(14)21/h13-14,19H,4-12H2,1-3H3,(H,18,21)/t13-,14-/m0/s1. The zero-order valence-electron chi connectivity index (χ0n) is 14.7. The van der Waals surface area contributed by atoms with Crippen LogP contribution in [0.4, 0.5) is 4.79 Å². The van der Waals surface area contributed by atoms with Crippen LogP contribution in [0.15, 0.2) is 0 Å². The van der Waals surface area contributed by atoms with Crippen LogP contribution in [0, 0.1) is 5.92 Å². The highest BCUT2D eigenvalue weighted by molar-refractivity contribution is 5.81. The summed E-state index contributed by atoms with van der Waals surface area (Å²) in [6, 6.07) is -0.0885. The summed E-state index contributed by atoms with van der Waals surface area (Å²) in [7, 11) is 0. The van der Waals surface area contributed by atoms with Gasteiger partial charge in [0.25, 0.3) is 0 Å². The molecular formula is C17H31N3O3. The van der Waals surface area contributed by atoms with Gasteiger partial charge in [-0.05, 0) is 58.8 Å². The molecule has 0 unspecified atom stereocenters. The van der Waals surface area contributed by atoms with E-state index in [1.54, 1.807) is 4.90 Å². The van der Waals surface area contributed by atoms with Gasteiger partial charge in [-0.2, -0.15) is 0 Å². The van der Waals surface area contributed by atoms with Crippen molar-refractivity contribution in [2.45, 2.75) is 64.5 Å². The van der Waals surface area contributed by atoms with Crippen molar-refractivity contribution in [3.05, 3.63) is 0 Å². The first-order valence-corrected chi connectivity index (χ1v) is 8.84. The number of piperidine rings is 1. The van der Waals surface area contributed by atoms with E-state index in [4.69, 9.17) is 4.74 Å². The van der Waals surface area contributed by atoms with E-state index in [1.807, 2.05) is 20.8 Å². The third kappa shape index (κ3) is 6.01. The van der Waals surface area contributed by atoms with Gasteiger partial charge in [-0.3, -0.25) is 4.79 Å². The summed E-state index contributed by atoms with van der Waals surface area (Å²) in [5.41, 5.74) is -0.458. The maximum absolute atomic E-state index is 12.2. The van der Waals surface area contributed by atoms with Crippen LogP contribution < -0.4 is 10.6 Å². The second-order valence-corrected chi connectivity index (χ2v) is 7.68. The van der Waals surface area contributed by atoms with Gasteiger partial charge in [0.2, 0.25) is 5.91 Å². The molecule has 0 radical (unpaired) electrons. The number of ether oxygens (including phenoxy) is 1. The van der Waals surface area contributed by atoms with Crippen LogP contribution in [0.2, 0.25) is 0 Å². The van der Waals surface area contributed by atoms with E-state index < -0.39 is 5.60 Å². The van der Waals surface area contributed by atoms with Gasteiger partial charge in [0.05, 0.1) is 6.04 Å². The van der Waals surface area contributed by atoms with Gasteiger partial charge in [0, 0.05) is 26.2 Å². The van der Waals surface area contributed by atoms with E-state index in [0.29, 0.717) is 12.5 Å². The minimum atomic E-state index is -0.458. The van der Waals surface area contributed by atoms with Crippen LogP contribution in [-0.2, 0) is 9.53 Å². The number of carbonyl (C=O) groups excluding carboxylic acids is 2. The maximum Gasteiger partial charge on any atom is 0.410 e. The minimum Gasteiger partial charge on any atom is -0.444 e. The molecule has 0 bridgehead atoms. The molecule has 2 heterocycles. The third-order valence-corrected chi connectivity index (χ3v) is 4.36. The van der Waals surface area contributed by atoms with Crippen molar-refractivity contribution in [1.29, 1.82) is 0 Å². The number of likely N-dealkylation sites (tertiary alicyclic amines) is 1. The zero-order valence-corrected chi connectivity index (χ0v) is 14.7. The highest BCUT2D eigenvalue weighted by Gasteiger charge is 2.28. The van der Waals surface area contributed by atoms with Crippen LogP contribution in [0.1, 0.15) is 52.9 Å². The molecule has 2 N–H and O–H groups in total. The summed E-state index contributed by atoms with van der Waals surface area (Å²) in [4.78, 5) is 25.9. The Balaban J connectivity index is 1.79. The molecule has 132 valence electrons. The molecule has 2 aliphatic heterocycles. The number of nitrogens with zero attached hydrogens (tertiary/aromatic N) is 1. The molecule has 2 saturated heterocycles. The van der Waals surface area contributed by atoms with Gasteiger partial charge in [-0.25, -0.2) is 4.79 Å². The molecule has 2 atom stereocenters. The highest BCUT2D eigenvalue weighted by Crippen LogP contribution is 2.19. The Morgan fingerprint density at radius 1 is 1.30 bits per heavy atom. The lowest BCUT2D eigenvalue weighted by molar-refractivity contribution is -0.122. The average molecular weight is 325 g/mol. The predicted molar refractivity (Wildman–Crippen MR) is 89.2 cm³/mol. The Morgan fingerprint density at radius 3 is 2.83 bits per heavy atom. The smallest absolute Gasteiger partial charge is 0.410 e. The van der Waals surface area contributed by atoms with Gasteiger partial charge in [-0.15, -0.1) is 0 Å². The average Bonchev–Trinajstić information content (AvgIpc) is 2.68. The van der Waals surface area contributed by atoms with Crippen molar-refractivity contribution >= 4 is 12.0 Å². The van der Waals surface area contributed by atoms with E-state index in [2.05, 4.69) is 10.6 Å². The van der Waals surface area contributed by atoms with E-state index in [-0.39, 0.29) is 18.0 Å². The molecule has 0 saturated carbocycles. The lowest BCUT2D eigenvalue weighted by Gasteiger charge is -2.34. The Morgan fingerprint density at radius 2 is 2.09 bits per heavy atom. The van der Waals surface area contributed by atoms with Gasteiger partial charge in [0.15, 0.2) is 0 Å². The Hall–Kier alpha value is -1.30. The SMILES string of the molecule is CC(C)(C)OC(=O)N1CCC[C@@H](CN[C@H]2CCCCNC2=O)C1. The number of rotatable bonds is 3. The summed E-state index contributed by atoms with van der Waals surface area (Å²) >= 11 is 0. The molecule has 6 nitrogen and oxygen atoms in total. The molecule has 0 aromatic carbocycles. The second kappa shape index (κ2) is 7.99. The molecule has 2 aliphatic rings. The first-order valence-electron chi connectivity index (χ1n) is 8.84. The molecule has 0 aromatic rings. The maximum atomic E-state index is 12.2. The van der Waals surface area contributed by atoms with Crippen LogP contribution in [0.25, 0.3) is 0 Å². The topological polar surface area (TPSA) is 70.7 Å². The van der Waals surface area contributed by atoms with Crippen molar-refractivity contribution in [2.24, 2.45) is 5.92 Å². The van der Waals surface area contributed by atoms with E-state index >= 15 is 0 Å². The molecule has 2 rings (SSSR count). The second-order valence-electron chi connectivity index (χ2n) is 7.68. The quantitative estimate of drug-likeness (QED) is 0.831. The fourth-order valence-electron chi connectivity index (χ4n) is 3.17. The Bertz CT molecular complexity index is 420. The molecule has 0 spiro atoms. The summed E-state index contributed by atoms with van der Waals surface area (Å²) in [5.74, 6) is 0.495. The fourth-order valence-corrected chi connectivity index (χ4v) is 3.17. The summed E-state index contributed by atoms with van der Waals surface area (Å²) in [6.07, 6.45) is 4.87. The van der Waals surface area contributed by atoms with Crippen molar-refractivity contribution < 1.29 is 14.3 Å². The van der Waals surface area contributed by atoms with Crippen molar-refractivity contribution in [3.8, 4) is 0 Å². The first-order chi connectivity index (χ1) is 10.8. The van der Waals surface area contributed by atoms with Crippen molar-refractivity contribution in [1.82, 2.24) is 15.5 Å². The molecule has 6 heteroatoms. The Kier molecular flexibility index (Phi) is 6.27. The van der Waals surface area contributed by atoms with Crippen LogP contribution in [0.3, 0.4) is 0 Å². The lowest BCUT2D eigenvalue weighted by atomic mass is 9.97. The third-order valence-electron chi connectivity index (χ3n) is 4.36. The Labute approximate surface area is 139 Å². The number of hydrogen-bond donors (Lipinski definition) is 2. The fraction of sp³-hybridized carbons (Fsp3) is 0.882. The first kappa shape index (κ1) is 18.0. The van der Waals surface area contributed by atoms with Gasteiger partial charge in [-0.1, -0.05) is 0 Å². The summed E-state index contributed by atoms with van der Waals surface area (Å²) in [5, 5.41) is 6.35. The predicted octanol–water partition coefficient (Wildman–Crippen LogP) is 1.89. The van der Waals surface area contributed by atoms with Gasteiger partial charge in [0.1, 0.15) is 5.60 Å². The van der Waals surface area contributed by atoms with Gasteiger partial charge < -0.3 is 20.3 Å². The number of nitrogens with one attached hydrogen (secondary N) is 2. The molecule has 0 aliphatic carbocycles. The minimum absolute atomic E-state index is 0.0885. The van der Waals surface area contributed by atoms with E-state index in [0.717, 1.165) is 51.7 Å². The normalized spacial score (nSPS) is 26.4. The monoisotopic (exact) mass is 325 g/mol. The largest absolute Gasteiger partial charge is 0.444 e. The lowest BCUT2D eigenvalue weighted by Crippen LogP contribution is -2.48. The molecule has 0 aromatic heterocycles. The van der Waals surface area contributed by atoms with E-state index in [1.165, 1.54) is 0 Å². The van der Waals surface area contributed by atoms with Crippen LogP contribution >= 0.6 is 0 Å². The molecule has 23 heavy (non-hydrogen) atoms. The zero-order chi connectivity index (χ0) is 16.9. The molecular weight excluding hydrogens is 294 g/mol. The van der Waals surface area contributed by atoms with Crippen LogP contribution in [0.5, 0.6) is 0 Å². The van der Waals surface area contributed by atoms with E-state index in [9.17, 15) is 9.59 Å². The van der Waals surface area contributed by atoms with Crippen molar-refractivity contribution in [3.63, 3.8) is 0 Å². The summed E-state index contributed by atoms with van der Waals surface area (Å²) in [6.45, 7) is 8.69. The number of amides is 2.